The molecule has 5 nitrogen and oxygen atoms in total. The summed E-state index contributed by atoms with van der Waals surface area (Å²) in [6, 6.07) is 12.9. The standard InChI is InChI=1S/C22H26N2O3S/c1-22(2)14-21(25)24(3)20-12-11-16(13-18(20)22)28(26,27)23-19-10-6-8-15-7-4-5-9-17(15)19/h4-5,7,9,11-13,19,23H,6,8,10,14H2,1-3H3. The second kappa shape index (κ2) is 6.71. The van der Waals surface area contributed by atoms with E-state index in [9.17, 15) is 13.2 Å². The summed E-state index contributed by atoms with van der Waals surface area (Å²) in [5.41, 5.74) is 3.56. The number of anilines is 1. The smallest absolute Gasteiger partial charge is 0.241 e. The van der Waals surface area contributed by atoms with Crippen LogP contribution in [-0.4, -0.2) is 21.4 Å². The third-order valence-electron chi connectivity index (χ3n) is 6.00. The number of carbonyl (C=O) groups is 1. The first-order valence-electron chi connectivity index (χ1n) is 9.70. The highest BCUT2D eigenvalue weighted by atomic mass is 32.2. The Hall–Kier alpha value is -2.18. The number of rotatable bonds is 3. The van der Waals surface area contributed by atoms with Gasteiger partial charge in [-0.2, -0.15) is 0 Å². The van der Waals surface area contributed by atoms with Crippen LogP contribution < -0.4 is 9.62 Å². The number of nitrogens with one attached hydrogen (secondary N) is 1. The van der Waals surface area contributed by atoms with E-state index >= 15 is 0 Å². The van der Waals surface area contributed by atoms with Gasteiger partial charge in [-0.1, -0.05) is 38.1 Å². The lowest BCUT2D eigenvalue weighted by Gasteiger charge is -2.37. The van der Waals surface area contributed by atoms with Gasteiger partial charge in [-0.05, 0) is 54.2 Å². The van der Waals surface area contributed by atoms with Gasteiger partial charge in [-0.3, -0.25) is 4.79 Å². The maximum absolute atomic E-state index is 13.2. The van der Waals surface area contributed by atoms with E-state index in [2.05, 4.69) is 10.8 Å². The van der Waals surface area contributed by atoms with Crippen molar-refractivity contribution in [2.75, 3.05) is 11.9 Å². The average molecular weight is 399 g/mol. The van der Waals surface area contributed by atoms with E-state index in [1.54, 1.807) is 30.1 Å². The molecule has 2 aromatic rings. The lowest BCUT2D eigenvalue weighted by Crippen LogP contribution is -2.39. The Morgan fingerprint density at radius 3 is 2.68 bits per heavy atom. The summed E-state index contributed by atoms with van der Waals surface area (Å²) in [5, 5.41) is 0. The number of fused-ring (bicyclic) bond motifs is 2. The first-order chi connectivity index (χ1) is 13.2. The Morgan fingerprint density at radius 2 is 1.89 bits per heavy atom. The molecule has 28 heavy (non-hydrogen) atoms. The van der Waals surface area contributed by atoms with Crippen LogP contribution in [0, 0.1) is 0 Å². The van der Waals surface area contributed by atoms with Gasteiger partial charge in [-0.25, -0.2) is 13.1 Å². The second-order valence-electron chi connectivity index (χ2n) is 8.46. The number of hydrogen-bond donors (Lipinski definition) is 1. The maximum atomic E-state index is 13.2. The van der Waals surface area contributed by atoms with Crippen molar-refractivity contribution in [1.82, 2.24) is 4.72 Å². The third kappa shape index (κ3) is 3.25. The number of amides is 1. The minimum Gasteiger partial charge on any atom is -0.315 e. The second-order valence-corrected chi connectivity index (χ2v) is 10.2. The minimum absolute atomic E-state index is 0.0463. The lowest BCUT2D eigenvalue weighted by atomic mass is 9.77. The molecule has 1 unspecified atom stereocenters. The highest BCUT2D eigenvalue weighted by Gasteiger charge is 2.36. The van der Waals surface area contributed by atoms with Gasteiger partial charge in [0.1, 0.15) is 0 Å². The predicted octanol–water partition coefficient (Wildman–Crippen LogP) is 3.69. The first kappa shape index (κ1) is 19.2. The van der Waals surface area contributed by atoms with Crippen LogP contribution in [0.4, 0.5) is 5.69 Å². The summed E-state index contributed by atoms with van der Waals surface area (Å²) >= 11 is 0. The van der Waals surface area contributed by atoms with Gasteiger partial charge in [0.05, 0.1) is 4.90 Å². The Labute approximate surface area is 166 Å². The van der Waals surface area contributed by atoms with E-state index in [-0.39, 0.29) is 16.8 Å². The summed E-state index contributed by atoms with van der Waals surface area (Å²) in [4.78, 5) is 14.1. The Morgan fingerprint density at radius 1 is 1.14 bits per heavy atom. The fourth-order valence-electron chi connectivity index (χ4n) is 4.37. The molecule has 0 radical (unpaired) electrons. The van der Waals surface area contributed by atoms with Crippen molar-refractivity contribution in [3.63, 3.8) is 0 Å². The Balaban J connectivity index is 1.69. The molecule has 0 spiro atoms. The molecule has 6 heteroatoms. The zero-order valence-corrected chi connectivity index (χ0v) is 17.3. The van der Waals surface area contributed by atoms with Crippen molar-refractivity contribution in [2.24, 2.45) is 0 Å². The molecular weight excluding hydrogens is 372 g/mol. The quantitative estimate of drug-likeness (QED) is 0.858. The number of sulfonamides is 1. The molecule has 1 amide bonds. The SMILES string of the molecule is CN1C(=O)CC(C)(C)c2cc(S(=O)(=O)NC3CCCc4ccccc43)ccc21. The van der Waals surface area contributed by atoms with Crippen LogP contribution in [0.2, 0.25) is 0 Å². The summed E-state index contributed by atoms with van der Waals surface area (Å²) < 4.78 is 29.2. The average Bonchev–Trinajstić information content (AvgIpc) is 2.66. The van der Waals surface area contributed by atoms with E-state index in [1.165, 1.54) is 5.56 Å². The van der Waals surface area contributed by atoms with Crippen LogP contribution in [-0.2, 0) is 26.7 Å². The third-order valence-corrected chi connectivity index (χ3v) is 7.47. The van der Waals surface area contributed by atoms with Crippen molar-refractivity contribution < 1.29 is 13.2 Å². The van der Waals surface area contributed by atoms with Gasteiger partial charge in [0.2, 0.25) is 15.9 Å². The number of carbonyl (C=O) groups excluding carboxylic acids is 1. The summed E-state index contributed by atoms with van der Waals surface area (Å²) in [5.74, 6) is 0.0463. The Bertz CT molecular complexity index is 1040. The Kier molecular flexibility index (Phi) is 4.59. The number of nitrogens with zero attached hydrogens (tertiary/aromatic N) is 1. The summed E-state index contributed by atoms with van der Waals surface area (Å²) in [6.45, 7) is 3.97. The topological polar surface area (TPSA) is 66.5 Å². The minimum atomic E-state index is -3.67. The van der Waals surface area contributed by atoms with Crippen molar-refractivity contribution in [1.29, 1.82) is 0 Å². The molecule has 0 aromatic heterocycles. The molecule has 0 saturated heterocycles. The number of benzene rings is 2. The van der Waals surface area contributed by atoms with Gasteiger partial charge in [0, 0.05) is 30.6 Å². The van der Waals surface area contributed by atoms with Gasteiger partial charge >= 0.3 is 0 Å². The van der Waals surface area contributed by atoms with E-state index in [0.29, 0.717) is 6.42 Å². The van der Waals surface area contributed by atoms with Crippen LogP contribution in [0.15, 0.2) is 47.4 Å². The van der Waals surface area contributed by atoms with Crippen molar-refractivity contribution in [2.45, 2.75) is 55.9 Å². The first-order valence-corrected chi connectivity index (χ1v) is 11.2. The summed E-state index contributed by atoms with van der Waals surface area (Å²) in [6.07, 6.45) is 3.11. The molecule has 0 fully saturated rings. The van der Waals surface area contributed by atoms with E-state index in [4.69, 9.17) is 0 Å². The van der Waals surface area contributed by atoms with Crippen LogP contribution in [0.1, 0.15) is 55.8 Å². The zero-order valence-electron chi connectivity index (χ0n) is 16.5. The van der Waals surface area contributed by atoms with E-state index < -0.39 is 15.4 Å². The lowest BCUT2D eigenvalue weighted by molar-refractivity contribution is -0.119. The molecule has 4 rings (SSSR count). The van der Waals surface area contributed by atoms with Gasteiger partial charge in [0.15, 0.2) is 0 Å². The maximum Gasteiger partial charge on any atom is 0.241 e. The van der Waals surface area contributed by atoms with Crippen LogP contribution in [0.25, 0.3) is 0 Å². The molecule has 1 heterocycles. The van der Waals surface area contributed by atoms with Crippen LogP contribution in [0.3, 0.4) is 0 Å². The number of hydrogen-bond acceptors (Lipinski definition) is 3. The van der Waals surface area contributed by atoms with Crippen molar-refractivity contribution >= 4 is 21.6 Å². The monoisotopic (exact) mass is 398 g/mol. The molecular formula is C22H26N2O3S. The van der Waals surface area contributed by atoms with Gasteiger partial charge in [-0.15, -0.1) is 0 Å². The van der Waals surface area contributed by atoms with Crippen LogP contribution >= 0.6 is 0 Å². The molecule has 1 N–H and O–H groups in total. The highest BCUT2D eigenvalue weighted by Crippen LogP contribution is 2.41. The summed E-state index contributed by atoms with van der Waals surface area (Å²) in [7, 11) is -1.93. The molecule has 2 aromatic carbocycles. The molecule has 0 saturated carbocycles. The fraction of sp³-hybridized carbons (Fsp3) is 0.409. The molecule has 1 atom stereocenters. The highest BCUT2D eigenvalue weighted by molar-refractivity contribution is 7.89. The van der Waals surface area contributed by atoms with Crippen LogP contribution in [0.5, 0.6) is 0 Å². The molecule has 2 aliphatic rings. The van der Waals surface area contributed by atoms with E-state index in [0.717, 1.165) is 36.1 Å². The largest absolute Gasteiger partial charge is 0.315 e. The molecule has 0 bridgehead atoms. The fourth-order valence-corrected chi connectivity index (χ4v) is 5.65. The predicted molar refractivity (Wildman–Crippen MR) is 110 cm³/mol. The molecule has 1 aliphatic heterocycles. The van der Waals surface area contributed by atoms with Crippen molar-refractivity contribution in [3.8, 4) is 0 Å². The van der Waals surface area contributed by atoms with Crippen molar-refractivity contribution in [3.05, 3.63) is 59.2 Å². The normalized spacial score (nSPS) is 21.2. The molecule has 148 valence electrons. The zero-order chi connectivity index (χ0) is 20.1. The number of aryl methyl sites for hydroxylation is 1. The van der Waals surface area contributed by atoms with E-state index in [1.807, 2.05) is 32.0 Å². The molecule has 1 aliphatic carbocycles. The van der Waals surface area contributed by atoms with Gasteiger partial charge in [0.25, 0.3) is 0 Å². The van der Waals surface area contributed by atoms with Gasteiger partial charge < -0.3 is 4.90 Å².